The second kappa shape index (κ2) is 7.59. The van der Waals surface area contributed by atoms with Crippen molar-refractivity contribution in [1.29, 1.82) is 0 Å². The standard InChI is InChI=1S/C21H22N2O3/c1-21(2)11-17(6-5-7-24-3)18-9-15(8-16-12-22-14-23-13-16)10-19(25-4)20(18)26-21/h9-14H,7-8H2,1-4H3. The van der Waals surface area contributed by atoms with Gasteiger partial charge in [-0.25, -0.2) is 9.97 Å². The minimum absolute atomic E-state index is 0.381. The van der Waals surface area contributed by atoms with Crippen molar-refractivity contribution in [2.75, 3.05) is 20.8 Å². The van der Waals surface area contributed by atoms with E-state index < -0.39 is 5.60 Å². The first-order valence-corrected chi connectivity index (χ1v) is 8.37. The SMILES string of the molecule is COCC#CC1=CC(C)(C)Oc2c(OC)cc(Cc3cncnc3)cc21. The molecule has 0 bridgehead atoms. The molecule has 1 aliphatic heterocycles. The number of rotatable bonds is 4. The van der Waals surface area contributed by atoms with Gasteiger partial charge in [-0.15, -0.1) is 0 Å². The van der Waals surface area contributed by atoms with Crippen LogP contribution in [0.2, 0.25) is 0 Å². The van der Waals surface area contributed by atoms with Crippen LogP contribution >= 0.6 is 0 Å². The first kappa shape index (κ1) is 18.0. The van der Waals surface area contributed by atoms with E-state index in [0.29, 0.717) is 18.8 Å². The fourth-order valence-electron chi connectivity index (χ4n) is 2.90. The van der Waals surface area contributed by atoms with Crippen molar-refractivity contribution in [2.45, 2.75) is 25.9 Å². The zero-order chi connectivity index (χ0) is 18.6. The van der Waals surface area contributed by atoms with E-state index in [0.717, 1.165) is 28.0 Å². The second-order valence-corrected chi connectivity index (χ2v) is 6.60. The molecule has 5 heteroatoms. The van der Waals surface area contributed by atoms with Gasteiger partial charge in [0, 0.05) is 37.1 Å². The molecule has 0 unspecified atom stereocenters. The molecule has 1 aliphatic rings. The van der Waals surface area contributed by atoms with Crippen molar-refractivity contribution in [1.82, 2.24) is 9.97 Å². The predicted octanol–water partition coefficient (Wildman–Crippen LogP) is 3.28. The molecule has 3 rings (SSSR count). The van der Waals surface area contributed by atoms with Crippen LogP contribution in [0.15, 0.2) is 36.9 Å². The lowest BCUT2D eigenvalue weighted by atomic mass is 9.92. The van der Waals surface area contributed by atoms with Crippen molar-refractivity contribution in [3.63, 3.8) is 0 Å². The molecule has 0 N–H and O–H groups in total. The van der Waals surface area contributed by atoms with Gasteiger partial charge in [0.1, 0.15) is 18.5 Å². The Morgan fingerprint density at radius 2 is 1.88 bits per heavy atom. The molecule has 1 aromatic heterocycles. The molecule has 0 saturated carbocycles. The molecular weight excluding hydrogens is 328 g/mol. The number of methoxy groups -OCH3 is 2. The van der Waals surface area contributed by atoms with E-state index in [2.05, 4.69) is 27.9 Å². The van der Waals surface area contributed by atoms with Crippen LogP contribution in [0.1, 0.15) is 30.5 Å². The summed E-state index contributed by atoms with van der Waals surface area (Å²) >= 11 is 0. The number of aromatic nitrogens is 2. The number of nitrogens with zero attached hydrogens (tertiary/aromatic N) is 2. The van der Waals surface area contributed by atoms with E-state index in [1.807, 2.05) is 38.4 Å². The number of hydrogen-bond acceptors (Lipinski definition) is 5. The molecule has 0 amide bonds. The van der Waals surface area contributed by atoms with Crippen molar-refractivity contribution >= 4 is 5.57 Å². The van der Waals surface area contributed by atoms with Gasteiger partial charge >= 0.3 is 0 Å². The first-order chi connectivity index (χ1) is 12.5. The summed E-state index contributed by atoms with van der Waals surface area (Å²) < 4.78 is 16.8. The molecule has 0 fully saturated rings. The van der Waals surface area contributed by atoms with Gasteiger partial charge in [-0.1, -0.05) is 11.8 Å². The van der Waals surface area contributed by atoms with Crippen molar-refractivity contribution in [3.05, 3.63) is 53.6 Å². The Bertz CT molecular complexity index is 877. The average Bonchev–Trinajstić information content (AvgIpc) is 2.62. The van der Waals surface area contributed by atoms with E-state index in [1.165, 1.54) is 6.33 Å². The highest BCUT2D eigenvalue weighted by Gasteiger charge is 2.29. The molecule has 0 atom stereocenters. The van der Waals surface area contributed by atoms with Crippen LogP contribution in [-0.4, -0.2) is 36.4 Å². The van der Waals surface area contributed by atoms with Crippen LogP contribution in [-0.2, 0) is 11.2 Å². The van der Waals surface area contributed by atoms with Gasteiger partial charge in [0.25, 0.3) is 0 Å². The Labute approximate surface area is 154 Å². The Kier molecular flexibility index (Phi) is 5.24. The van der Waals surface area contributed by atoms with Gasteiger partial charge in [-0.2, -0.15) is 0 Å². The fraction of sp³-hybridized carbons (Fsp3) is 0.333. The summed E-state index contributed by atoms with van der Waals surface area (Å²) in [6, 6.07) is 4.08. The van der Waals surface area contributed by atoms with Crippen molar-refractivity contribution < 1.29 is 14.2 Å². The van der Waals surface area contributed by atoms with Gasteiger partial charge in [-0.3, -0.25) is 0 Å². The smallest absolute Gasteiger partial charge is 0.170 e. The number of fused-ring (bicyclic) bond motifs is 1. The van der Waals surface area contributed by atoms with Gasteiger partial charge in [0.15, 0.2) is 11.5 Å². The monoisotopic (exact) mass is 350 g/mol. The summed E-state index contributed by atoms with van der Waals surface area (Å²) in [5.41, 5.74) is 3.49. The lowest BCUT2D eigenvalue weighted by Gasteiger charge is -2.31. The Hall–Kier alpha value is -2.84. The molecule has 26 heavy (non-hydrogen) atoms. The second-order valence-electron chi connectivity index (χ2n) is 6.60. The van der Waals surface area contributed by atoms with E-state index in [1.54, 1.807) is 14.2 Å². The minimum Gasteiger partial charge on any atom is -0.493 e. The minimum atomic E-state index is -0.466. The molecule has 134 valence electrons. The van der Waals surface area contributed by atoms with Crippen LogP contribution < -0.4 is 9.47 Å². The Balaban J connectivity index is 2.06. The predicted molar refractivity (Wildman–Crippen MR) is 100 cm³/mol. The third-order valence-corrected chi connectivity index (χ3v) is 3.94. The summed E-state index contributed by atoms with van der Waals surface area (Å²) in [5.74, 6) is 7.65. The van der Waals surface area contributed by atoms with Crippen LogP contribution in [0.3, 0.4) is 0 Å². The third-order valence-electron chi connectivity index (χ3n) is 3.94. The molecule has 0 saturated heterocycles. The highest BCUT2D eigenvalue weighted by atomic mass is 16.5. The molecule has 1 aromatic carbocycles. The maximum Gasteiger partial charge on any atom is 0.170 e. The van der Waals surface area contributed by atoms with Gasteiger partial charge in [-0.05, 0) is 43.2 Å². The van der Waals surface area contributed by atoms with Crippen LogP contribution in [0.4, 0.5) is 0 Å². The average molecular weight is 350 g/mol. The molecule has 0 aliphatic carbocycles. The number of ether oxygens (including phenoxy) is 3. The van der Waals surface area contributed by atoms with Gasteiger partial charge in [0.2, 0.25) is 0 Å². The zero-order valence-corrected chi connectivity index (χ0v) is 15.5. The summed E-state index contributed by atoms with van der Waals surface area (Å²) in [5, 5.41) is 0. The third kappa shape index (κ3) is 4.04. The molecule has 0 radical (unpaired) electrons. The summed E-state index contributed by atoms with van der Waals surface area (Å²) in [4.78, 5) is 8.16. The highest BCUT2D eigenvalue weighted by Crippen LogP contribution is 2.43. The Morgan fingerprint density at radius 3 is 2.58 bits per heavy atom. The largest absolute Gasteiger partial charge is 0.493 e. The van der Waals surface area contributed by atoms with Crippen LogP contribution in [0.25, 0.3) is 5.57 Å². The molecule has 2 heterocycles. The maximum absolute atomic E-state index is 6.16. The molecule has 5 nitrogen and oxygen atoms in total. The summed E-state index contributed by atoms with van der Waals surface area (Å²) in [6.45, 7) is 4.39. The van der Waals surface area contributed by atoms with Crippen molar-refractivity contribution in [3.8, 4) is 23.3 Å². The van der Waals surface area contributed by atoms with Gasteiger partial charge < -0.3 is 14.2 Å². The molecular formula is C21H22N2O3. The number of allylic oxidation sites excluding steroid dienone is 1. The summed E-state index contributed by atoms with van der Waals surface area (Å²) in [7, 11) is 3.28. The first-order valence-electron chi connectivity index (χ1n) is 8.37. The van der Waals surface area contributed by atoms with Gasteiger partial charge in [0.05, 0.1) is 7.11 Å². The van der Waals surface area contributed by atoms with Crippen molar-refractivity contribution in [2.24, 2.45) is 0 Å². The maximum atomic E-state index is 6.16. The fourth-order valence-corrected chi connectivity index (χ4v) is 2.90. The van der Waals surface area contributed by atoms with Crippen LogP contribution in [0, 0.1) is 11.8 Å². The zero-order valence-electron chi connectivity index (χ0n) is 15.5. The highest BCUT2D eigenvalue weighted by molar-refractivity contribution is 5.86. The van der Waals surface area contributed by atoms with E-state index in [-0.39, 0.29) is 0 Å². The number of hydrogen-bond donors (Lipinski definition) is 0. The lowest BCUT2D eigenvalue weighted by molar-refractivity contribution is 0.151. The summed E-state index contributed by atoms with van der Waals surface area (Å²) in [6.07, 6.45) is 7.89. The topological polar surface area (TPSA) is 53.5 Å². The Morgan fingerprint density at radius 1 is 1.12 bits per heavy atom. The van der Waals surface area contributed by atoms with E-state index in [4.69, 9.17) is 14.2 Å². The quantitative estimate of drug-likeness (QED) is 0.792. The normalized spacial score (nSPS) is 14.4. The molecule has 0 spiro atoms. The lowest BCUT2D eigenvalue weighted by Crippen LogP contribution is -2.29. The van der Waals surface area contributed by atoms with E-state index >= 15 is 0 Å². The molecule has 2 aromatic rings. The number of benzene rings is 1. The van der Waals surface area contributed by atoms with E-state index in [9.17, 15) is 0 Å². The van der Waals surface area contributed by atoms with Crippen LogP contribution in [0.5, 0.6) is 11.5 Å².